The Bertz CT molecular complexity index is 761. The molecule has 4 rings (SSSR count). The van der Waals surface area contributed by atoms with E-state index in [0.717, 1.165) is 9.92 Å². The van der Waals surface area contributed by atoms with E-state index >= 15 is 0 Å². The molecule has 0 aliphatic carbocycles. The number of amides is 2. The highest BCUT2D eigenvalue weighted by atomic mass is 17.0. The van der Waals surface area contributed by atoms with Gasteiger partial charge < -0.3 is 9.94 Å². The number of rotatable bonds is 5. The molecule has 0 unspecified atom stereocenters. The molecule has 0 bridgehead atoms. The number of aromatic nitrogens is 2. The van der Waals surface area contributed by atoms with E-state index in [1.165, 1.54) is 4.96 Å². The average molecular weight is 320 g/mol. The smallest absolute Gasteiger partial charge is 0.310 e. The van der Waals surface area contributed by atoms with Crippen molar-refractivity contribution in [1.82, 2.24) is 14.9 Å². The fourth-order valence-corrected chi connectivity index (χ4v) is 2.49. The zero-order valence-electron chi connectivity index (χ0n) is 11.8. The average Bonchev–Trinajstić information content (AvgIpc) is 3.19. The molecule has 1 saturated heterocycles. The van der Waals surface area contributed by atoms with Gasteiger partial charge in [0.1, 0.15) is 5.02 Å². The molecule has 23 heavy (non-hydrogen) atoms. The van der Waals surface area contributed by atoms with Crippen LogP contribution in [0.1, 0.15) is 20.7 Å². The van der Waals surface area contributed by atoms with E-state index in [9.17, 15) is 14.4 Å². The highest BCUT2D eigenvalue weighted by Gasteiger charge is 2.39. The second kappa shape index (κ2) is 4.66. The second-order valence-electron chi connectivity index (χ2n) is 5.32. The Kier molecular flexibility index (Phi) is 2.73. The van der Waals surface area contributed by atoms with Crippen LogP contribution in [0.2, 0.25) is 0 Å². The lowest BCUT2D eigenvalue weighted by molar-refractivity contribution is -0.143. The maximum Gasteiger partial charge on any atom is 0.310 e. The van der Waals surface area contributed by atoms with Crippen LogP contribution in [-0.4, -0.2) is 57.6 Å². The minimum atomic E-state index is -0.860. The number of fused-ring (bicyclic) bond motifs is 1. The van der Waals surface area contributed by atoms with E-state index in [2.05, 4.69) is 0 Å². The van der Waals surface area contributed by atoms with E-state index < -0.39 is 23.7 Å². The maximum absolute atomic E-state index is 12.1. The summed E-state index contributed by atoms with van der Waals surface area (Å²) in [6.45, 7) is 0.323. The number of carboxylic acids is 1. The van der Waals surface area contributed by atoms with Gasteiger partial charge in [-0.05, 0) is 12.1 Å². The summed E-state index contributed by atoms with van der Waals surface area (Å²) in [5.41, 5.74) is 0.688. The molecule has 0 spiro atoms. The van der Waals surface area contributed by atoms with Gasteiger partial charge in [0.2, 0.25) is 6.73 Å². The number of carbonyl (C=O) groups is 3. The third-order valence-corrected chi connectivity index (χ3v) is 3.89. The Morgan fingerprint density at radius 1 is 1.22 bits per heavy atom. The number of benzene rings is 1. The quantitative estimate of drug-likeness (QED) is 0.719. The predicted octanol–water partition coefficient (Wildman–Crippen LogP) is -0.783. The minimum Gasteiger partial charge on any atom is -0.481 e. The summed E-state index contributed by atoms with van der Waals surface area (Å²) < 4.78 is 4.98. The Balaban J connectivity index is 1.35. The largest absolute Gasteiger partial charge is 0.481 e. The third kappa shape index (κ3) is 2.06. The standard InChI is InChI=1S/C13H12N4O6/c18-11-9-3-1-2-4-10(9)12(19)15(11)7-22-17-16(23-17)14-5-8(6-14)13(20)21/h1-4,8H,5-7H2,(H,20,21). The van der Waals surface area contributed by atoms with Crippen molar-refractivity contribution < 1.29 is 29.0 Å². The number of carboxylic acid groups (broad SMARTS) is 1. The number of aliphatic carboxylic acids is 1. The first-order valence-electron chi connectivity index (χ1n) is 6.90. The number of hydrogen-bond acceptors (Lipinski definition) is 6. The van der Waals surface area contributed by atoms with E-state index in [0.29, 0.717) is 24.2 Å². The van der Waals surface area contributed by atoms with Crippen LogP contribution < -0.4 is 9.85 Å². The van der Waals surface area contributed by atoms with E-state index in [1.807, 2.05) is 0 Å². The number of hydrogen-bond donors (Lipinski definition) is 1. The summed E-state index contributed by atoms with van der Waals surface area (Å²) in [6.07, 6.45) is 0. The van der Waals surface area contributed by atoms with Gasteiger partial charge in [0.15, 0.2) is 0 Å². The maximum atomic E-state index is 12.1. The number of imide groups is 1. The molecule has 1 N–H and O–H groups in total. The van der Waals surface area contributed by atoms with Crippen molar-refractivity contribution >= 4 is 17.8 Å². The summed E-state index contributed by atoms with van der Waals surface area (Å²) in [7, 11) is 0. The van der Waals surface area contributed by atoms with Crippen molar-refractivity contribution in [2.45, 2.75) is 0 Å². The van der Waals surface area contributed by atoms with Crippen molar-refractivity contribution in [1.29, 1.82) is 0 Å². The zero-order valence-corrected chi connectivity index (χ0v) is 11.8. The normalized spacial score (nSPS) is 17.6. The third-order valence-electron chi connectivity index (χ3n) is 3.89. The predicted molar refractivity (Wildman–Crippen MR) is 72.2 cm³/mol. The van der Waals surface area contributed by atoms with Crippen molar-refractivity contribution in [3.8, 4) is 0 Å². The van der Waals surface area contributed by atoms with Crippen LogP contribution in [0, 0.1) is 5.92 Å². The van der Waals surface area contributed by atoms with Crippen molar-refractivity contribution in [2.24, 2.45) is 5.92 Å². The fraction of sp³-hybridized carbons (Fsp3) is 0.308. The van der Waals surface area contributed by atoms with Crippen LogP contribution in [0.25, 0.3) is 0 Å². The first kappa shape index (κ1) is 13.5. The molecule has 0 atom stereocenters. The van der Waals surface area contributed by atoms with Gasteiger partial charge in [-0.1, -0.05) is 12.1 Å². The van der Waals surface area contributed by atoms with Crippen LogP contribution in [0.5, 0.6) is 0 Å². The first-order chi connectivity index (χ1) is 11.1. The molecule has 0 saturated carbocycles. The summed E-state index contributed by atoms with van der Waals surface area (Å²) in [5, 5.41) is 11.4. The molecule has 2 aliphatic heterocycles. The van der Waals surface area contributed by atoms with Crippen LogP contribution in [0.15, 0.2) is 28.9 Å². The lowest BCUT2D eigenvalue weighted by Crippen LogP contribution is -2.55. The topological polar surface area (TPSA) is 110 Å². The molecule has 10 heteroatoms. The second-order valence-corrected chi connectivity index (χ2v) is 5.32. The van der Waals surface area contributed by atoms with Crippen LogP contribution in [0.3, 0.4) is 0 Å². The van der Waals surface area contributed by atoms with Crippen molar-refractivity contribution in [3.05, 3.63) is 35.4 Å². The molecule has 120 valence electrons. The van der Waals surface area contributed by atoms with Gasteiger partial charge in [-0.3, -0.25) is 19.4 Å². The summed E-state index contributed by atoms with van der Waals surface area (Å²) >= 11 is 0. The Morgan fingerprint density at radius 3 is 2.39 bits per heavy atom. The van der Waals surface area contributed by atoms with E-state index in [1.54, 1.807) is 29.3 Å². The summed E-state index contributed by atoms with van der Waals surface area (Å²) in [6, 6.07) is 6.54. The van der Waals surface area contributed by atoms with Crippen molar-refractivity contribution in [2.75, 3.05) is 24.8 Å². The summed E-state index contributed by atoms with van der Waals surface area (Å²) in [4.78, 5) is 42.4. The molecular formula is C13H12N4O6. The highest BCUT2D eigenvalue weighted by Crippen LogP contribution is 2.22. The highest BCUT2D eigenvalue weighted by molar-refractivity contribution is 6.21. The van der Waals surface area contributed by atoms with E-state index in [-0.39, 0.29) is 6.73 Å². The van der Waals surface area contributed by atoms with Gasteiger partial charge in [-0.25, -0.2) is 4.90 Å². The molecule has 1 aromatic carbocycles. The molecule has 2 amide bonds. The molecule has 2 aromatic rings. The molecule has 2 aliphatic rings. The van der Waals surface area contributed by atoms with Gasteiger partial charge in [0.25, 0.3) is 11.8 Å². The molecule has 1 fully saturated rings. The van der Waals surface area contributed by atoms with E-state index in [4.69, 9.17) is 14.6 Å². The molecule has 0 radical (unpaired) electrons. The monoisotopic (exact) mass is 320 g/mol. The molecule has 3 heterocycles. The Morgan fingerprint density at radius 2 is 1.83 bits per heavy atom. The van der Waals surface area contributed by atoms with Gasteiger partial charge in [-0.15, -0.1) is 0 Å². The number of nitrogens with zero attached hydrogens (tertiary/aromatic N) is 4. The van der Waals surface area contributed by atoms with Gasteiger partial charge in [-0.2, -0.15) is 4.63 Å². The van der Waals surface area contributed by atoms with Crippen LogP contribution in [-0.2, 0) is 4.79 Å². The van der Waals surface area contributed by atoms with Crippen LogP contribution >= 0.6 is 0 Å². The lowest BCUT2D eigenvalue weighted by Gasteiger charge is -2.32. The van der Waals surface area contributed by atoms with Crippen LogP contribution in [0.4, 0.5) is 0 Å². The molecule has 1 aromatic heterocycles. The minimum absolute atomic E-state index is 0.293. The Labute approximate surface area is 128 Å². The van der Waals surface area contributed by atoms with Crippen molar-refractivity contribution in [3.63, 3.8) is 0 Å². The van der Waals surface area contributed by atoms with Gasteiger partial charge in [0.05, 0.1) is 30.1 Å². The Hall–Kier alpha value is -3.17. The van der Waals surface area contributed by atoms with Gasteiger partial charge >= 0.3 is 5.97 Å². The number of carbonyl (C=O) groups excluding carboxylic acids is 2. The summed E-state index contributed by atoms with van der Waals surface area (Å²) in [5.74, 6) is -2.14. The fourth-order valence-electron chi connectivity index (χ4n) is 2.49. The van der Waals surface area contributed by atoms with Gasteiger partial charge in [0, 0.05) is 4.96 Å². The first-order valence-corrected chi connectivity index (χ1v) is 6.90. The zero-order chi connectivity index (χ0) is 16.1. The lowest BCUT2D eigenvalue weighted by atomic mass is 10.0. The molecular weight excluding hydrogens is 308 g/mol. The molecule has 10 nitrogen and oxygen atoms in total. The SMILES string of the molecule is O=C(O)C1CN(n2on2OCN2C(=O)c3ccccc3C2=O)C1.